The van der Waals surface area contributed by atoms with E-state index < -0.39 is 0 Å². The first-order valence-corrected chi connectivity index (χ1v) is 11.1. The zero-order valence-electron chi connectivity index (χ0n) is 17.7. The Morgan fingerprint density at radius 1 is 1.17 bits per heavy atom. The molecule has 1 aromatic heterocycles. The van der Waals surface area contributed by atoms with Gasteiger partial charge in [0.15, 0.2) is 5.82 Å². The van der Waals surface area contributed by atoms with Gasteiger partial charge in [-0.15, -0.1) is 5.10 Å². The molecule has 1 aromatic carbocycles. The van der Waals surface area contributed by atoms with Crippen LogP contribution in [0.1, 0.15) is 56.3 Å². The van der Waals surface area contributed by atoms with E-state index >= 15 is 0 Å². The summed E-state index contributed by atoms with van der Waals surface area (Å²) in [5.41, 5.74) is 0.721. The van der Waals surface area contributed by atoms with E-state index in [1.807, 2.05) is 21.7 Å². The fourth-order valence-corrected chi connectivity index (χ4v) is 4.52. The van der Waals surface area contributed by atoms with Crippen molar-refractivity contribution in [2.75, 3.05) is 26.2 Å². The molecule has 2 fully saturated rings. The molecule has 2 aliphatic heterocycles. The number of aromatic nitrogens is 4. The van der Waals surface area contributed by atoms with Crippen LogP contribution < -0.4 is 0 Å². The van der Waals surface area contributed by atoms with Gasteiger partial charge >= 0.3 is 0 Å². The molecule has 7 nitrogen and oxygen atoms in total. The molecule has 0 aliphatic carbocycles. The van der Waals surface area contributed by atoms with Crippen LogP contribution >= 0.6 is 0 Å². The Hall–Kier alpha value is -2.35. The molecule has 0 saturated carbocycles. The number of carbonyl (C=O) groups excluding carboxylic acids is 1. The van der Waals surface area contributed by atoms with Crippen LogP contribution in [0, 0.1) is 11.7 Å². The second kappa shape index (κ2) is 9.64. The number of likely N-dealkylation sites (tertiary alicyclic amines) is 2. The second-order valence-corrected chi connectivity index (χ2v) is 8.73. The molecule has 0 N–H and O–H groups in total. The molecule has 2 aliphatic rings. The average molecular weight is 415 g/mol. The number of hydrogen-bond acceptors (Lipinski definition) is 5. The van der Waals surface area contributed by atoms with Crippen LogP contribution in [0.2, 0.25) is 0 Å². The predicted octanol–water partition coefficient (Wildman–Crippen LogP) is 2.84. The highest BCUT2D eigenvalue weighted by Gasteiger charge is 2.28. The third-order valence-corrected chi connectivity index (χ3v) is 6.49. The molecule has 0 unspecified atom stereocenters. The first-order chi connectivity index (χ1) is 14.6. The topological polar surface area (TPSA) is 67.2 Å². The Labute approximate surface area is 177 Å². The van der Waals surface area contributed by atoms with Gasteiger partial charge in [0, 0.05) is 32.0 Å². The highest BCUT2D eigenvalue weighted by atomic mass is 19.1. The van der Waals surface area contributed by atoms with E-state index in [9.17, 15) is 9.18 Å². The smallest absolute Gasteiger partial charge is 0.222 e. The van der Waals surface area contributed by atoms with Gasteiger partial charge < -0.3 is 4.90 Å². The lowest BCUT2D eigenvalue weighted by Gasteiger charge is -2.29. The van der Waals surface area contributed by atoms with Crippen molar-refractivity contribution in [3.05, 3.63) is 41.5 Å². The van der Waals surface area contributed by atoms with Gasteiger partial charge in [-0.3, -0.25) is 9.69 Å². The second-order valence-electron chi connectivity index (χ2n) is 8.73. The molecule has 0 spiro atoms. The van der Waals surface area contributed by atoms with E-state index in [-0.39, 0.29) is 17.6 Å². The summed E-state index contributed by atoms with van der Waals surface area (Å²) >= 11 is 0. The van der Waals surface area contributed by atoms with Crippen LogP contribution in [0.5, 0.6) is 0 Å². The molecule has 1 amide bonds. The van der Waals surface area contributed by atoms with Crippen LogP contribution in [-0.2, 0) is 17.9 Å². The van der Waals surface area contributed by atoms with Gasteiger partial charge in [0.1, 0.15) is 5.82 Å². The molecule has 0 radical (unpaired) electrons. The van der Waals surface area contributed by atoms with Crippen molar-refractivity contribution in [3.8, 4) is 0 Å². The number of tetrazole rings is 1. The van der Waals surface area contributed by atoms with Gasteiger partial charge in [0.2, 0.25) is 5.91 Å². The number of benzene rings is 1. The predicted molar refractivity (Wildman–Crippen MR) is 111 cm³/mol. The minimum atomic E-state index is -0.175. The van der Waals surface area contributed by atoms with E-state index in [0.29, 0.717) is 32.5 Å². The van der Waals surface area contributed by atoms with E-state index in [0.717, 1.165) is 43.4 Å². The van der Waals surface area contributed by atoms with Gasteiger partial charge in [-0.2, -0.15) is 0 Å². The molecular weight excluding hydrogens is 383 g/mol. The zero-order chi connectivity index (χ0) is 20.9. The maximum Gasteiger partial charge on any atom is 0.222 e. The number of nitrogens with zero attached hydrogens (tertiary/aromatic N) is 6. The molecule has 0 bridgehead atoms. The van der Waals surface area contributed by atoms with Gasteiger partial charge in [-0.25, -0.2) is 9.07 Å². The summed E-state index contributed by atoms with van der Waals surface area (Å²) < 4.78 is 15.9. The minimum Gasteiger partial charge on any atom is -0.342 e. The van der Waals surface area contributed by atoms with E-state index in [1.165, 1.54) is 18.9 Å². The van der Waals surface area contributed by atoms with Gasteiger partial charge in [-0.1, -0.05) is 25.1 Å². The van der Waals surface area contributed by atoms with Gasteiger partial charge in [-0.05, 0) is 66.7 Å². The van der Waals surface area contributed by atoms with Crippen LogP contribution in [0.3, 0.4) is 0 Å². The third kappa shape index (κ3) is 5.03. The number of aryl methyl sites for hydroxylation is 1. The molecule has 4 rings (SSSR count). The lowest BCUT2D eigenvalue weighted by atomic mass is 9.98. The van der Waals surface area contributed by atoms with Crippen molar-refractivity contribution in [2.45, 2.75) is 58.0 Å². The number of hydrogen-bond donors (Lipinski definition) is 0. The first-order valence-electron chi connectivity index (χ1n) is 11.1. The Morgan fingerprint density at radius 3 is 2.77 bits per heavy atom. The largest absolute Gasteiger partial charge is 0.342 e. The fraction of sp³-hybridized carbons (Fsp3) is 0.636. The number of halogens is 1. The summed E-state index contributed by atoms with van der Waals surface area (Å²) in [5.74, 6) is 1.72. The minimum absolute atomic E-state index is 0.0912. The van der Waals surface area contributed by atoms with Crippen molar-refractivity contribution in [3.63, 3.8) is 0 Å². The van der Waals surface area contributed by atoms with Crippen molar-refractivity contribution >= 4 is 5.91 Å². The standard InChI is InChI=1S/C22H31FN6O/c1-17-8-12-27(13-9-17)16-21-24-25-26-29(21)11-4-7-22(30)28-14-10-18(15-28)19-5-2-3-6-20(19)23/h2-3,5-6,17-18H,4,7-16H2,1H3/t18-/m1/s1. The van der Waals surface area contributed by atoms with E-state index in [2.05, 4.69) is 27.3 Å². The summed E-state index contributed by atoms with van der Waals surface area (Å²) in [5, 5.41) is 12.1. The van der Waals surface area contributed by atoms with Crippen molar-refractivity contribution in [1.82, 2.24) is 30.0 Å². The van der Waals surface area contributed by atoms with Crippen LogP contribution in [0.15, 0.2) is 24.3 Å². The lowest BCUT2D eigenvalue weighted by molar-refractivity contribution is -0.130. The number of amides is 1. The maximum absolute atomic E-state index is 14.0. The zero-order valence-corrected chi connectivity index (χ0v) is 17.7. The Bertz CT molecular complexity index is 848. The number of carbonyl (C=O) groups is 1. The summed E-state index contributed by atoms with van der Waals surface area (Å²) in [6.45, 7) is 7.18. The molecule has 30 heavy (non-hydrogen) atoms. The molecule has 8 heteroatoms. The lowest BCUT2D eigenvalue weighted by Crippen LogP contribution is -2.33. The van der Waals surface area contributed by atoms with Crippen LogP contribution in [-0.4, -0.2) is 62.1 Å². The number of rotatable bonds is 7. The Morgan fingerprint density at radius 2 is 1.97 bits per heavy atom. The molecule has 2 aromatic rings. The van der Waals surface area contributed by atoms with Crippen LogP contribution in [0.25, 0.3) is 0 Å². The summed E-state index contributed by atoms with van der Waals surface area (Å²) in [6.07, 6.45) is 4.43. The Balaban J connectivity index is 1.23. The van der Waals surface area contributed by atoms with E-state index in [1.54, 1.807) is 6.07 Å². The first kappa shape index (κ1) is 20.9. The SMILES string of the molecule is CC1CCN(Cc2nnnn2CCCC(=O)N2CC[C@@H](c3ccccc3F)C2)CC1. The van der Waals surface area contributed by atoms with Crippen molar-refractivity contribution < 1.29 is 9.18 Å². The van der Waals surface area contributed by atoms with Gasteiger partial charge in [0.05, 0.1) is 6.54 Å². The summed E-state index contributed by atoms with van der Waals surface area (Å²) in [6, 6.07) is 6.89. The highest BCUT2D eigenvalue weighted by Crippen LogP contribution is 2.29. The molecular formula is C22H31FN6O. The molecule has 2 saturated heterocycles. The van der Waals surface area contributed by atoms with Crippen molar-refractivity contribution in [1.29, 1.82) is 0 Å². The fourth-order valence-electron chi connectivity index (χ4n) is 4.52. The monoisotopic (exact) mass is 414 g/mol. The average Bonchev–Trinajstić information content (AvgIpc) is 3.40. The molecule has 3 heterocycles. The highest BCUT2D eigenvalue weighted by molar-refractivity contribution is 5.76. The third-order valence-electron chi connectivity index (χ3n) is 6.49. The van der Waals surface area contributed by atoms with Gasteiger partial charge in [0.25, 0.3) is 0 Å². The van der Waals surface area contributed by atoms with E-state index in [4.69, 9.17) is 0 Å². The molecule has 162 valence electrons. The number of piperidine rings is 1. The summed E-state index contributed by atoms with van der Waals surface area (Å²) in [7, 11) is 0. The normalized spacial score (nSPS) is 20.7. The summed E-state index contributed by atoms with van der Waals surface area (Å²) in [4.78, 5) is 16.9. The van der Waals surface area contributed by atoms with Crippen molar-refractivity contribution in [2.24, 2.45) is 5.92 Å². The Kier molecular flexibility index (Phi) is 6.72. The molecule has 1 atom stereocenters. The van der Waals surface area contributed by atoms with Crippen LogP contribution in [0.4, 0.5) is 4.39 Å². The quantitative estimate of drug-likeness (QED) is 0.697. The maximum atomic E-state index is 14.0.